The molecule has 1 atom stereocenters. The number of halogens is 2. The van der Waals surface area contributed by atoms with Gasteiger partial charge in [0.2, 0.25) is 0 Å². The lowest BCUT2D eigenvalue weighted by molar-refractivity contribution is -0.139. The van der Waals surface area contributed by atoms with Gasteiger partial charge in [0.25, 0.3) is 0 Å². The summed E-state index contributed by atoms with van der Waals surface area (Å²) in [7, 11) is 1.39. The molecule has 0 spiro atoms. The van der Waals surface area contributed by atoms with Crippen molar-refractivity contribution in [2.75, 3.05) is 7.05 Å². The quantitative estimate of drug-likeness (QED) is 0.775. The normalized spacial score (nSPS) is 12.5. The Bertz CT molecular complexity index is 355. The van der Waals surface area contributed by atoms with Crippen molar-refractivity contribution in [3.05, 3.63) is 35.4 Å². The van der Waals surface area contributed by atoms with Crippen molar-refractivity contribution in [1.82, 2.24) is 5.32 Å². The van der Waals surface area contributed by atoms with Crippen molar-refractivity contribution in [2.45, 2.75) is 6.04 Å². The maximum atomic E-state index is 13.1. The minimum Gasteiger partial charge on any atom is -0.480 e. The van der Waals surface area contributed by atoms with Crippen LogP contribution in [0.5, 0.6) is 0 Å². The molecule has 0 aliphatic rings. The number of rotatable bonds is 3. The van der Waals surface area contributed by atoms with E-state index in [9.17, 15) is 13.6 Å². The first-order valence-corrected chi connectivity index (χ1v) is 3.91. The molecule has 0 heterocycles. The molecule has 1 rings (SSSR count). The molecule has 1 aromatic carbocycles. The van der Waals surface area contributed by atoms with Crippen LogP contribution in [0.25, 0.3) is 0 Å². The lowest BCUT2D eigenvalue weighted by Crippen LogP contribution is -2.25. The van der Waals surface area contributed by atoms with Crippen molar-refractivity contribution in [3.63, 3.8) is 0 Å². The van der Waals surface area contributed by atoms with Crippen LogP contribution >= 0.6 is 0 Å². The van der Waals surface area contributed by atoms with Crippen LogP contribution in [-0.2, 0) is 4.79 Å². The zero-order valence-electron chi connectivity index (χ0n) is 7.42. The van der Waals surface area contributed by atoms with Gasteiger partial charge in [-0.25, -0.2) is 8.78 Å². The Morgan fingerprint density at radius 2 is 2.14 bits per heavy atom. The molecule has 0 radical (unpaired) electrons. The van der Waals surface area contributed by atoms with Gasteiger partial charge in [0, 0.05) is 11.6 Å². The second-order valence-electron chi connectivity index (χ2n) is 2.73. The molecule has 2 N–H and O–H groups in total. The summed E-state index contributed by atoms with van der Waals surface area (Å²) in [5, 5.41) is 11.1. The molecule has 0 saturated carbocycles. The Kier molecular flexibility index (Phi) is 3.14. The van der Waals surface area contributed by atoms with Crippen molar-refractivity contribution < 1.29 is 18.7 Å². The van der Waals surface area contributed by atoms with Crippen LogP contribution in [0.4, 0.5) is 8.78 Å². The first-order chi connectivity index (χ1) is 6.56. The van der Waals surface area contributed by atoms with E-state index in [2.05, 4.69) is 5.32 Å². The van der Waals surface area contributed by atoms with Gasteiger partial charge in [0.15, 0.2) is 0 Å². The predicted molar refractivity (Wildman–Crippen MR) is 45.8 cm³/mol. The summed E-state index contributed by atoms with van der Waals surface area (Å²) < 4.78 is 25.6. The van der Waals surface area contributed by atoms with Gasteiger partial charge >= 0.3 is 5.97 Å². The van der Waals surface area contributed by atoms with E-state index in [4.69, 9.17) is 5.11 Å². The fourth-order valence-electron chi connectivity index (χ4n) is 1.15. The van der Waals surface area contributed by atoms with Crippen LogP contribution in [0.3, 0.4) is 0 Å². The van der Waals surface area contributed by atoms with Crippen molar-refractivity contribution in [3.8, 4) is 0 Å². The number of aliphatic carboxylic acids is 1. The van der Waals surface area contributed by atoms with Gasteiger partial charge in [0.1, 0.15) is 17.7 Å². The van der Waals surface area contributed by atoms with Gasteiger partial charge < -0.3 is 10.4 Å². The Morgan fingerprint density at radius 3 is 2.57 bits per heavy atom. The molecule has 0 aliphatic carbocycles. The van der Waals surface area contributed by atoms with Crippen LogP contribution in [0.2, 0.25) is 0 Å². The maximum Gasteiger partial charge on any atom is 0.325 e. The third-order valence-electron chi connectivity index (χ3n) is 1.81. The smallest absolute Gasteiger partial charge is 0.325 e. The minimum atomic E-state index is -1.21. The van der Waals surface area contributed by atoms with E-state index >= 15 is 0 Å². The zero-order valence-corrected chi connectivity index (χ0v) is 7.42. The number of nitrogens with one attached hydrogen (secondary N) is 1. The number of hydrogen-bond donors (Lipinski definition) is 2. The highest BCUT2D eigenvalue weighted by Crippen LogP contribution is 2.17. The van der Waals surface area contributed by atoms with Crippen molar-refractivity contribution in [1.29, 1.82) is 0 Å². The zero-order chi connectivity index (χ0) is 10.7. The van der Waals surface area contributed by atoms with Crippen LogP contribution in [0.15, 0.2) is 18.2 Å². The van der Waals surface area contributed by atoms with Gasteiger partial charge in [-0.2, -0.15) is 0 Å². The number of carboxylic acids is 1. The predicted octanol–water partition coefficient (Wildman–Crippen LogP) is 1.31. The largest absolute Gasteiger partial charge is 0.480 e. The topological polar surface area (TPSA) is 49.3 Å². The van der Waals surface area contributed by atoms with Crippen LogP contribution in [0, 0.1) is 11.6 Å². The summed E-state index contributed by atoms with van der Waals surface area (Å²) in [6, 6.07) is 1.63. The molecule has 0 aromatic heterocycles. The molecule has 0 amide bonds. The first-order valence-electron chi connectivity index (χ1n) is 3.91. The highest BCUT2D eigenvalue weighted by atomic mass is 19.1. The van der Waals surface area contributed by atoms with E-state index in [0.29, 0.717) is 6.07 Å². The monoisotopic (exact) mass is 201 g/mol. The van der Waals surface area contributed by atoms with Crippen LogP contribution in [0.1, 0.15) is 11.6 Å². The molecule has 14 heavy (non-hydrogen) atoms. The summed E-state index contributed by atoms with van der Waals surface area (Å²) >= 11 is 0. The minimum absolute atomic E-state index is 0.0820. The molecular weight excluding hydrogens is 192 g/mol. The second-order valence-corrected chi connectivity index (χ2v) is 2.73. The first kappa shape index (κ1) is 10.6. The third-order valence-corrected chi connectivity index (χ3v) is 1.81. The van der Waals surface area contributed by atoms with E-state index in [1.807, 2.05) is 0 Å². The number of hydrogen-bond acceptors (Lipinski definition) is 2. The SMILES string of the molecule is CN[C@@H](C(=O)O)c1ccc(F)cc1F. The van der Waals surface area contributed by atoms with Crippen LogP contribution < -0.4 is 5.32 Å². The molecular formula is C9H9F2NO2. The maximum absolute atomic E-state index is 13.1. The summed E-state index contributed by atoms with van der Waals surface area (Å²) in [6.07, 6.45) is 0. The van der Waals surface area contributed by atoms with E-state index < -0.39 is 23.6 Å². The average molecular weight is 201 g/mol. The summed E-state index contributed by atoms with van der Waals surface area (Å²) in [6.45, 7) is 0. The fraction of sp³-hybridized carbons (Fsp3) is 0.222. The molecule has 0 aliphatic heterocycles. The standard InChI is InChI=1S/C9H9F2NO2/c1-12-8(9(13)14)6-3-2-5(10)4-7(6)11/h2-4,8,12H,1H3,(H,13,14)/t8-/m1/s1. The van der Waals surface area contributed by atoms with Crippen LogP contribution in [-0.4, -0.2) is 18.1 Å². The third kappa shape index (κ3) is 2.05. The molecule has 0 fully saturated rings. The lowest BCUT2D eigenvalue weighted by Gasteiger charge is -2.11. The Labute approximate surface area is 79.4 Å². The van der Waals surface area contributed by atoms with E-state index in [1.165, 1.54) is 7.05 Å². The molecule has 76 valence electrons. The summed E-state index contributed by atoms with van der Waals surface area (Å²) in [5.41, 5.74) is -0.0820. The average Bonchev–Trinajstić information content (AvgIpc) is 2.09. The Balaban J connectivity index is 3.10. The number of carbonyl (C=O) groups is 1. The van der Waals surface area contributed by atoms with Gasteiger partial charge in [0.05, 0.1) is 0 Å². The van der Waals surface area contributed by atoms with Crippen molar-refractivity contribution >= 4 is 5.97 Å². The summed E-state index contributed by atoms with van der Waals surface area (Å²) in [4.78, 5) is 10.6. The fourth-order valence-corrected chi connectivity index (χ4v) is 1.15. The lowest BCUT2D eigenvalue weighted by atomic mass is 10.1. The van der Waals surface area contributed by atoms with E-state index in [1.54, 1.807) is 0 Å². The highest BCUT2D eigenvalue weighted by Gasteiger charge is 2.21. The molecule has 0 bridgehead atoms. The van der Waals surface area contributed by atoms with Gasteiger partial charge in [-0.05, 0) is 13.1 Å². The Hall–Kier alpha value is -1.49. The van der Waals surface area contributed by atoms with Gasteiger partial charge in [-0.15, -0.1) is 0 Å². The molecule has 3 nitrogen and oxygen atoms in total. The molecule has 0 unspecified atom stereocenters. The molecule has 1 aromatic rings. The van der Waals surface area contributed by atoms with Gasteiger partial charge in [-0.3, -0.25) is 4.79 Å². The Morgan fingerprint density at radius 1 is 1.50 bits per heavy atom. The highest BCUT2D eigenvalue weighted by molar-refractivity contribution is 5.75. The number of benzene rings is 1. The number of likely N-dealkylation sites (N-methyl/N-ethyl adjacent to an activating group) is 1. The second kappa shape index (κ2) is 4.15. The summed E-state index contributed by atoms with van der Waals surface area (Å²) in [5.74, 6) is -2.81. The van der Waals surface area contributed by atoms with Gasteiger partial charge in [-0.1, -0.05) is 6.07 Å². The van der Waals surface area contributed by atoms with E-state index in [0.717, 1.165) is 12.1 Å². The molecule has 5 heteroatoms. The van der Waals surface area contributed by atoms with Crippen molar-refractivity contribution in [2.24, 2.45) is 0 Å². The number of carboxylic acid groups (broad SMARTS) is 1. The molecule has 0 saturated heterocycles. The van der Waals surface area contributed by atoms with E-state index in [-0.39, 0.29) is 5.56 Å².